The minimum absolute atomic E-state index is 0.0535. The molecule has 0 saturated carbocycles. The molecular weight excluding hydrogens is 420 g/mol. The van der Waals surface area contributed by atoms with E-state index < -0.39 is 0 Å². The average molecular weight is 443 g/mol. The van der Waals surface area contributed by atoms with Crippen LogP contribution in [0.5, 0.6) is 5.75 Å². The van der Waals surface area contributed by atoms with Crippen LogP contribution in [0.1, 0.15) is 23.6 Å². The lowest BCUT2D eigenvalue weighted by Gasteiger charge is -2.22. The minimum atomic E-state index is -0.153. The molecule has 0 fully saturated rings. The Morgan fingerprint density at radius 3 is 2.56 bits per heavy atom. The molecule has 0 bridgehead atoms. The molecule has 0 aliphatic carbocycles. The van der Waals surface area contributed by atoms with Gasteiger partial charge in [0.1, 0.15) is 5.75 Å². The number of hydrogen-bond acceptors (Lipinski definition) is 5. The van der Waals surface area contributed by atoms with Gasteiger partial charge in [-0.05, 0) is 35.4 Å². The van der Waals surface area contributed by atoms with E-state index in [1.807, 2.05) is 78.9 Å². The van der Waals surface area contributed by atoms with E-state index in [1.165, 1.54) is 11.8 Å². The number of rotatable bonds is 6. The number of carbonyl (C=O) groups excluding carboxylic acids is 1. The zero-order valence-corrected chi connectivity index (χ0v) is 18.4. The molecule has 32 heavy (non-hydrogen) atoms. The van der Waals surface area contributed by atoms with E-state index in [2.05, 4.69) is 9.97 Å². The van der Waals surface area contributed by atoms with Crippen molar-refractivity contribution in [3.05, 3.63) is 90.0 Å². The van der Waals surface area contributed by atoms with Crippen LogP contribution in [0.2, 0.25) is 0 Å². The molecule has 1 N–H and O–H groups in total. The fourth-order valence-electron chi connectivity index (χ4n) is 3.82. The highest BCUT2D eigenvalue weighted by molar-refractivity contribution is 7.99. The van der Waals surface area contributed by atoms with Crippen LogP contribution in [0.25, 0.3) is 11.0 Å². The smallest absolute Gasteiger partial charge is 0.253 e. The van der Waals surface area contributed by atoms with Crippen molar-refractivity contribution in [3.63, 3.8) is 0 Å². The van der Waals surface area contributed by atoms with Gasteiger partial charge in [0.2, 0.25) is 0 Å². The maximum absolute atomic E-state index is 13.2. The molecule has 1 aliphatic heterocycles. The van der Waals surface area contributed by atoms with Gasteiger partial charge in [0.15, 0.2) is 5.16 Å². The van der Waals surface area contributed by atoms with Gasteiger partial charge in [-0.25, -0.2) is 9.99 Å². The number of aromatic nitrogens is 2. The van der Waals surface area contributed by atoms with E-state index in [0.717, 1.165) is 38.8 Å². The molecule has 3 aromatic carbocycles. The third-order valence-electron chi connectivity index (χ3n) is 5.47. The molecule has 0 radical (unpaired) electrons. The normalized spacial score (nSPS) is 15.7. The van der Waals surface area contributed by atoms with Crippen LogP contribution in [-0.4, -0.2) is 39.5 Å². The van der Waals surface area contributed by atoms with Gasteiger partial charge >= 0.3 is 0 Å². The van der Waals surface area contributed by atoms with Crippen LogP contribution in [0.15, 0.2) is 89.1 Å². The average Bonchev–Trinajstić information content (AvgIpc) is 3.48. The number of H-pyrrole nitrogens is 1. The summed E-state index contributed by atoms with van der Waals surface area (Å²) in [6.45, 7) is 0. The summed E-state index contributed by atoms with van der Waals surface area (Å²) >= 11 is 1.39. The molecular formula is C25H22N4O2S. The molecule has 160 valence electrons. The van der Waals surface area contributed by atoms with Crippen molar-refractivity contribution in [1.82, 2.24) is 15.0 Å². The van der Waals surface area contributed by atoms with Crippen LogP contribution in [0, 0.1) is 0 Å². The number of hydrazone groups is 1. The van der Waals surface area contributed by atoms with E-state index in [9.17, 15) is 4.79 Å². The highest BCUT2D eigenvalue weighted by atomic mass is 32.2. The number of hydrogen-bond donors (Lipinski definition) is 1. The number of benzene rings is 3. The topological polar surface area (TPSA) is 70.6 Å². The summed E-state index contributed by atoms with van der Waals surface area (Å²) in [5.41, 5.74) is 4.83. The number of para-hydroxylation sites is 2. The van der Waals surface area contributed by atoms with Crippen LogP contribution in [-0.2, 0) is 4.79 Å². The van der Waals surface area contributed by atoms with E-state index in [1.54, 1.807) is 12.1 Å². The zero-order chi connectivity index (χ0) is 21.9. The van der Waals surface area contributed by atoms with Gasteiger partial charge in [-0.1, -0.05) is 66.4 Å². The number of nitrogens with one attached hydrogen (secondary N) is 1. The maximum atomic E-state index is 13.2. The zero-order valence-electron chi connectivity index (χ0n) is 17.6. The minimum Gasteiger partial charge on any atom is -0.497 e. The Balaban J connectivity index is 1.38. The van der Waals surface area contributed by atoms with E-state index in [4.69, 9.17) is 9.84 Å². The molecule has 0 saturated heterocycles. The van der Waals surface area contributed by atoms with Crippen molar-refractivity contribution in [2.24, 2.45) is 5.10 Å². The summed E-state index contributed by atoms with van der Waals surface area (Å²) in [4.78, 5) is 21.1. The Morgan fingerprint density at radius 2 is 1.81 bits per heavy atom. The standard InChI is InChI=1S/C25H22N4O2S/c1-31-19-13-11-18(12-14-19)23-15-22(17-7-3-2-4-8-17)28-29(23)24(30)16-32-25-26-20-9-5-6-10-21(20)27-25/h2-14,23H,15-16H2,1H3,(H,26,27). The largest absolute Gasteiger partial charge is 0.497 e. The number of ether oxygens (including phenoxy) is 1. The second kappa shape index (κ2) is 8.88. The summed E-state index contributed by atoms with van der Waals surface area (Å²) in [6.07, 6.45) is 0.664. The van der Waals surface area contributed by atoms with Crippen molar-refractivity contribution < 1.29 is 9.53 Å². The first-order valence-electron chi connectivity index (χ1n) is 10.4. The quantitative estimate of drug-likeness (QED) is 0.425. The number of methoxy groups -OCH3 is 1. The molecule has 1 amide bonds. The predicted octanol–water partition coefficient (Wildman–Crippen LogP) is 5.04. The molecule has 1 aliphatic rings. The van der Waals surface area contributed by atoms with Crippen molar-refractivity contribution in [2.75, 3.05) is 12.9 Å². The van der Waals surface area contributed by atoms with E-state index in [0.29, 0.717) is 6.42 Å². The van der Waals surface area contributed by atoms with Crippen molar-refractivity contribution in [2.45, 2.75) is 17.6 Å². The summed E-state index contributed by atoms with van der Waals surface area (Å²) in [6, 6.07) is 25.5. The Morgan fingerprint density at radius 1 is 1.06 bits per heavy atom. The first kappa shape index (κ1) is 20.3. The van der Waals surface area contributed by atoms with Crippen LogP contribution in [0.3, 0.4) is 0 Å². The predicted molar refractivity (Wildman–Crippen MR) is 127 cm³/mol. The molecule has 7 heteroatoms. The second-order valence-electron chi connectivity index (χ2n) is 7.49. The molecule has 1 atom stereocenters. The fraction of sp³-hybridized carbons (Fsp3) is 0.160. The Bertz CT molecular complexity index is 1240. The van der Waals surface area contributed by atoms with Crippen molar-refractivity contribution in [3.8, 4) is 5.75 Å². The van der Waals surface area contributed by atoms with Crippen LogP contribution < -0.4 is 4.74 Å². The number of imidazole rings is 1. The lowest BCUT2D eigenvalue weighted by Crippen LogP contribution is -2.28. The van der Waals surface area contributed by atoms with Gasteiger partial charge < -0.3 is 9.72 Å². The SMILES string of the molecule is COc1ccc(C2CC(c3ccccc3)=NN2C(=O)CSc2nc3ccccc3[nH]2)cc1. The molecule has 2 heterocycles. The molecule has 6 nitrogen and oxygen atoms in total. The summed E-state index contributed by atoms with van der Waals surface area (Å²) in [5.74, 6) is 0.981. The van der Waals surface area contributed by atoms with Gasteiger partial charge in [0, 0.05) is 6.42 Å². The fourth-order valence-corrected chi connectivity index (χ4v) is 4.56. The monoisotopic (exact) mass is 442 g/mol. The third-order valence-corrected chi connectivity index (χ3v) is 6.33. The van der Waals surface area contributed by atoms with Gasteiger partial charge in [0.25, 0.3) is 5.91 Å². The highest BCUT2D eigenvalue weighted by Gasteiger charge is 2.33. The summed E-state index contributed by atoms with van der Waals surface area (Å²) in [5, 5.41) is 7.09. The summed E-state index contributed by atoms with van der Waals surface area (Å²) < 4.78 is 5.29. The Hall–Kier alpha value is -3.58. The van der Waals surface area contributed by atoms with E-state index in [-0.39, 0.29) is 17.7 Å². The molecule has 0 spiro atoms. The molecule has 5 rings (SSSR count). The number of aromatic amines is 1. The Kier molecular flexibility index (Phi) is 5.64. The first-order chi connectivity index (χ1) is 15.7. The lowest BCUT2D eigenvalue weighted by atomic mass is 9.98. The van der Waals surface area contributed by atoms with Crippen molar-refractivity contribution in [1.29, 1.82) is 0 Å². The Labute approximate surface area is 190 Å². The lowest BCUT2D eigenvalue weighted by molar-refractivity contribution is -0.130. The van der Waals surface area contributed by atoms with Gasteiger partial charge in [-0.3, -0.25) is 4.79 Å². The maximum Gasteiger partial charge on any atom is 0.253 e. The van der Waals surface area contributed by atoms with E-state index >= 15 is 0 Å². The number of nitrogens with zero attached hydrogens (tertiary/aromatic N) is 3. The first-order valence-corrected chi connectivity index (χ1v) is 11.4. The number of fused-ring (bicyclic) bond motifs is 1. The van der Waals surface area contributed by atoms with Gasteiger partial charge in [-0.2, -0.15) is 5.10 Å². The van der Waals surface area contributed by atoms with Gasteiger partial charge in [0.05, 0.1) is 35.6 Å². The second-order valence-corrected chi connectivity index (χ2v) is 8.46. The molecule has 1 aromatic heterocycles. The highest BCUT2D eigenvalue weighted by Crippen LogP contribution is 2.34. The number of amides is 1. The number of thioether (sulfide) groups is 1. The number of carbonyl (C=O) groups is 1. The third kappa shape index (κ3) is 4.11. The van der Waals surface area contributed by atoms with Crippen LogP contribution in [0.4, 0.5) is 0 Å². The molecule has 4 aromatic rings. The summed E-state index contributed by atoms with van der Waals surface area (Å²) in [7, 11) is 1.65. The van der Waals surface area contributed by atoms with Crippen molar-refractivity contribution >= 4 is 34.4 Å². The van der Waals surface area contributed by atoms with Crippen LogP contribution >= 0.6 is 11.8 Å². The van der Waals surface area contributed by atoms with Gasteiger partial charge in [-0.15, -0.1) is 0 Å². The molecule has 1 unspecified atom stereocenters.